The van der Waals surface area contributed by atoms with Crippen molar-refractivity contribution in [3.05, 3.63) is 46.7 Å². The fourth-order valence-corrected chi connectivity index (χ4v) is 2.50. The number of benzene rings is 1. The molecule has 0 saturated carbocycles. The van der Waals surface area contributed by atoms with Crippen LogP contribution in [0.1, 0.15) is 17.2 Å². The molecule has 100 valence electrons. The van der Waals surface area contributed by atoms with Gasteiger partial charge in [0, 0.05) is 17.8 Å². The highest BCUT2D eigenvalue weighted by Crippen LogP contribution is 2.24. The molecule has 1 fully saturated rings. The lowest BCUT2D eigenvalue weighted by molar-refractivity contribution is 0.0769. The van der Waals surface area contributed by atoms with Crippen LogP contribution in [0.15, 0.2) is 30.6 Å². The van der Waals surface area contributed by atoms with Crippen LogP contribution in [0.25, 0.3) is 5.69 Å². The minimum atomic E-state index is 0.197. The first-order valence-corrected chi connectivity index (χ1v) is 6.73. The quantitative estimate of drug-likeness (QED) is 0.917. The smallest absolute Gasteiger partial charge is 0.0663 e. The van der Waals surface area contributed by atoms with Gasteiger partial charge in [0.15, 0.2) is 0 Å². The Labute approximate surface area is 117 Å². The monoisotopic (exact) mass is 277 g/mol. The molecule has 19 heavy (non-hydrogen) atoms. The standard InChI is InChI=1S/C14H16ClN3O/c1-10-7-17-18(8-10)13-5-11(4-12(15)6-13)14-9-19-3-2-16-14/h4-8,14,16H,2-3,9H2,1H3/t14-/m0/s1. The number of aryl methyl sites for hydroxylation is 1. The van der Waals surface area contributed by atoms with E-state index in [0.717, 1.165) is 30.0 Å². The lowest BCUT2D eigenvalue weighted by atomic mass is 10.1. The number of nitrogens with one attached hydrogen (secondary N) is 1. The topological polar surface area (TPSA) is 39.1 Å². The first-order chi connectivity index (χ1) is 9.22. The minimum Gasteiger partial charge on any atom is -0.378 e. The molecule has 1 atom stereocenters. The van der Waals surface area contributed by atoms with Gasteiger partial charge in [0.2, 0.25) is 0 Å². The summed E-state index contributed by atoms with van der Waals surface area (Å²) in [5.41, 5.74) is 3.24. The summed E-state index contributed by atoms with van der Waals surface area (Å²) in [5.74, 6) is 0. The molecule has 3 rings (SSSR count). The molecule has 1 aromatic heterocycles. The van der Waals surface area contributed by atoms with Gasteiger partial charge in [-0.1, -0.05) is 11.6 Å². The van der Waals surface area contributed by atoms with Crippen LogP contribution in [-0.4, -0.2) is 29.5 Å². The summed E-state index contributed by atoms with van der Waals surface area (Å²) in [4.78, 5) is 0. The van der Waals surface area contributed by atoms with Crippen LogP contribution in [-0.2, 0) is 4.74 Å². The summed E-state index contributed by atoms with van der Waals surface area (Å²) in [6.07, 6.45) is 3.82. The van der Waals surface area contributed by atoms with Gasteiger partial charge < -0.3 is 10.1 Å². The SMILES string of the molecule is Cc1cnn(-c2cc(Cl)cc([C@@H]3COCCN3)c2)c1. The Balaban J connectivity index is 1.95. The number of aromatic nitrogens is 2. The van der Waals surface area contributed by atoms with Crippen molar-refractivity contribution in [1.82, 2.24) is 15.1 Å². The van der Waals surface area contributed by atoms with Crippen LogP contribution in [0.4, 0.5) is 0 Å². The van der Waals surface area contributed by atoms with Crippen LogP contribution in [0.2, 0.25) is 5.02 Å². The Morgan fingerprint density at radius 2 is 2.32 bits per heavy atom. The van der Waals surface area contributed by atoms with Gasteiger partial charge in [-0.15, -0.1) is 0 Å². The Hall–Kier alpha value is -1.36. The first-order valence-electron chi connectivity index (χ1n) is 6.35. The second-order valence-corrected chi connectivity index (χ2v) is 5.22. The molecule has 0 amide bonds. The van der Waals surface area contributed by atoms with Gasteiger partial charge in [0.25, 0.3) is 0 Å². The van der Waals surface area contributed by atoms with Gasteiger partial charge >= 0.3 is 0 Å². The summed E-state index contributed by atoms with van der Waals surface area (Å²) >= 11 is 6.22. The lowest BCUT2D eigenvalue weighted by Gasteiger charge is -2.24. The molecule has 4 nitrogen and oxygen atoms in total. The predicted octanol–water partition coefficient (Wildman–Crippen LogP) is 2.50. The fourth-order valence-electron chi connectivity index (χ4n) is 2.26. The highest BCUT2D eigenvalue weighted by Gasteiger charge is 2.16. The molecular formula is C14H16ClN3O. The number of nitrogens with zero attached hydrogens (tertiary/aromatic N) is 2. The van der Waals surface area contributed by atoms with Crippen molar-refractivity contribution < 1.29 is 4.74 Å². The van der Waals surface area contributed by atoms with Crippen LogP contribution in [0.3, 0.4) is 0 Å². The second kappa shape index (κ2) is 5.33. The number of morpholine rings is 1. The third kappa shape index (κ3) is 2.81. The third-order valence-electron chi connectivity index (χ3n) is 3.21. The molecule has 1 aromatic carbocycles. The largest absolute Gasteiger partial charge is 0.378 e. The number of rotatable bonds is 2. The van der Waals surface area contributed by atoms with Crippen LogP contribution in [0.5, 0.6) is 0 Å². The molecule has 2 heterocycles. The van der Waals surface area contributed by atoms with Gasteiger partial charge in [-0.2, -0.15) is 5.10 Å². The highest BCUT2D eigenvalue weighted by atomic mass is 35.5. The van der Waals surface area contributed by atoms with E-state index in [0.29, 0.717) is 11.6 Å². The lowest BCUT2D eigenvalue weighted by Crippen LogP contribution is -2.34. The van der Waals surface area contributed by atoms with E-state index in [1.54, 1.807) is 0 Å². The molecule has 1 aliphatic heterocycles. The average Bonchev–Trinajstić information content (AvgIpc) is 2.86. The van der Waals surface area contributed by atoms with Gasteiger partial charge in [-0.25, -0.2) is 4.68 Å². The van der Waals surface area contributed by atoms with E-state index in [2.05, 4.69) is 16.5 Å². The molecule has 1 saturated heterocycles. The summed E-state index contributed by atoms with van der Waals surface area (Å²) in [6, 6.07) is 6.20. The van der Waals surface area contributed by atoms with Crippen molar-refractivity contribution in [1.29, 1.82) is 0 Å². The van der Waals surface area contributed by atoms with Gasteiger partial charge in [-0.05, 0) is 36.2 Å². The van der Waals surface area contributed by atoms with Gasteiger partial charge in [0.05, 0.1) is 31.1 Å². The molecule has 0 radical (unpaired) electrons. The average molecular weight is 278 g/mol. The maximum Gasteiger partial charge on any atom is 0.0663 e. The summed E-state index contributed by atoms with van der Waals surface area (Å²) in [6.45, 7) is 4.33. The van der Waals surface area contributed by atoms with Crippen molar-refractivity contribution in [2.24, 2.45) is 0 Å². The van der Waals surface area contributed by atoms with Crippen LogP contribution < -0.4 is 5.32 Å². The van der Waals surface area contributed by atoms with Crippen LogP contribution in [0, 0.1) is 6.92 Å². The molecular weight excluding hydrogens is 262 g/mol. The molecule has 5 heteroatoms. The number of hydrogen-bond donors (Lipinski definition) is 1. The highest BCUT2D eigenvalue weighted by molar-refractivity contribution is 6.30. The van der Waals surface area contributed by atoms with Crippen molar-refractivity contribution in [2.45, 2.75) is 13.0 Å². The number of halogens is 1. The molecule has 0 aliphatic carbocycles. The zero-order chi connectivity index (χ0) is 13.2. The summed E-state index contributed by atoms with van der Waals surface area (Å²) < 4.78 is 7.34. The Bertz CT molecular complexity index is 576. The van der Waals surface area contributed by atoms with Gasteiger partial charge in [0.1, 0.15) is 0 Å². The maximum absolute atomic E-state index is 6.22. The van der Waals surface area contributed by atoms with E-state index in [9.17, 15) is 0 Å². The fraction of sp³-hybridized carbons (Fsp3) is 0.357. The molecule has 0 spiro atoms. The van der Waals surface area contributed by atoms with Crippen molar-refractivity contribution in [2.75, 3.05) is 19.8 Å². The normalized spacial score (nSPS) is 19.6. The van der Waals surface area contributed by atoms with Gasteiger partial charge in [-0.3, -0.25) is 0 Å². The Kier molecular flexibility index (Phi) is 3.55. The predicted molar refractivity (Wildman–Crippen MR) is 74.9 cm³/mol. The minimum absolute atomic E-state index is 0.197. The van der Waals surface area contributed by atoms with E-state index < -0.39 is 0 Å². The number of ether oxygens (including phenoxy) is 1. The van der Waals surface area contributed by atoms with E-state index in [4.69, 9.17) is 16.3 Å². The first kappa shape index (κ1) is 12.7. The second-order valence-electron chi connectivity index (χ2n) is 4.79. The van der Waals surface area contributed by atoms with Crippen molar-refractivity contribution in [3.8, 4) is 5.69 Å². The molecule has 0 bridgehead atoms. The maximum atomic E-state index is 6.22. The van der Waals surface area contributed by atoms with Crippen molar-refractivity contribution >= 4 is 11.6 Å². The third-order valence-corrected chi connectivity index (χ3v) is 3.42. The number of hydrogen-bond acceptors (Lipinski definition) is 3. The molecule has 1 aliphatic rings. The van der Waals surface area contributed by atoms with E-state index in [1.165, 1.54) is 0 Å². The van der Waals surface area contributed by atoms with Crippen molar-refractivity contribution in [3.63, 3.8) is 0 Å². The van der Waals surface area contributed by atoms with E-state index in [1.807, 2.05) is 36.1 Å². The molecule has 1 N–H and O–H groups in total. The van der Waals surface area contributed by atoms with E-state index >= 15 is 0 Å². The zero-order valence-corrected chi connectivity index (χ0v) is 11.5. The summed E-state index contributed by atoms with van der Waals surface area (Å²) in [5, 5.41) is 8.47. The summed E-state index contributed by atoms with van der Waals surface area (Å²) in [7, 11) is 0. The Morgan fingerprint density at radius 3 is 3.00 bits per heavy atom. The van der Waals surface area contributed by atoms with E-state index in [-0.39, 0.29) is 6.04 Å². The Morgan fingerprint density at radius 1 is 1.42 bits per heavy atom. The molecule has 2 aromatic rings. The molecule has 0 unspecified atom stereocenters. The zero-order valence-electron chi connectivity index (χ0n) is 10.8. The van der Waals surface area contributed by atoms with Crippen LogP contribution >= 0.6 is 11.6 Å².